The van der Waals surface area contributed by atoms with Crippen molar-refractivity contribution in [3.8, 4) is 11.3 Å². The minimum atomic E-state index is -1.25. The van der Waals surface area contributed by atoms with E-state index in [0.717, 1.165) is 5.56 Å². The number of carbonyl (C=O) groups is 2. The molecular formula is C22H23LiN8O4. The second-order valence-electron chi connectivity index (χ2n) is 7.52. The van der Waals surface area contributed by atoms with Crippen molar-refractivity contribution in [2.24, 2.45) is 12.8 Å². The number of benzene rings is 1. The van der Waals surface area contributed by atoms with Crippen LogP contribution in [0.5, 0.6) is 0 Å². The summed E-state index contributed by atoms with van der Waals surface area (Å²) < 4.78 is 4.31. The second kappa shape index (κ2) is 11.0. The number of aromatic carboxylic acids is 1. The normalized spacial score (nSPS) is 10.6. The fourth-order valence-corrected chi connectivity index (χ4v) is 3.38. The molecule has 1 aromatic carbocycles. The maximum atomic E-state index is 12.7. The van der Waals surface area contributed by atoms with E-state index in [1.54, 1.807) is 54.5 Å². The van der Waals surface area contributed by atoms with Gasteiger partial charge in [-0.25, -0.2) is 9.48 Å². The van der Waals surface area contributed by atoms with E-state index in [1.807, 2.05) is 0 Å². The monoisotopic (exact) mass is 470 g/mol. The SMILES string of the molecule is Cn1cc(NC(=O)c2cccc(Cn3nc(-c4cnn(CCN)c4)ccc3=O)c2)c(C(=O)O)n1.[LiH]. The third kappa shape index (κ3) is 5.93. The maximum absolute atomic E-state index is 12.7. The summed E-state index contributed by atoms with van der Waals surface area (Å²) in [6.07, 6.45) is 4.87. The molecule has 0 saturated heterocycles. The van der Waals surface area contributed by atoms with Crippen LogP contribution in [-0.4, -0.2) is 71.7 Å². The molecule has 0 atom stereocenters. The molecule has 0 aliphatic rings. The van der Waals surface area contributed by atoms with Crippen LogP contribution in [0, 0.1) is 0 Å². The van der Waals surface area contributed by atoms with Gasteiger partial charge < -0.3 is 16.2 Å². The van der Waals surface area contributed by atoms with Gasteiger partial charge in [0.2, 0.25) is 0 Å². The van der Waals surface area contributed by atoms with Gasteiger partial charge in [0.05, 0.1) is 30.7 Å². The summed E-state index contributed by atoms with van der Waals surface area (Å²) in [6.45, 7) is 1.16. The van der Waals surface area contributed by atoms with Crippen molar-refractivity contribution < 1.29 is 14.7 Å². The van der Waals surface area contributed by atoms with Gasteiger partial charge in [0, 0.05) is 43.2 Å². The summed E-state index contributed by atoms with van der Waals surface area (Å²) >= 11 is 0. The molecule has 176 valence electrons. The van der Waals surface area contributed by atoms with Crippen LogP contribution in [0.2, 0.25) is 0 Å². The molecule has 4 N–H and O–H groups in total. The molecule has 0 saturated carbocycles. The number of anilines is 1. The third-order valence-corrected chi connectivity index (χ3v) is 4.95. The van der Waals surface area contributed by atoms with Gasteiger partial charge in [0.15, 0.2) is 5.69 Å². The van der Waals surface area contributed by atoms with Gasteiger partial charge in [0.1, 0.15) is 0 Å². The number of hydrogen-bond donors (Lipinski definition) is 3. The Morgan fingerprint density at radius 1 is 1.14 bits per heavy atom. The topological polar surface area (TPSA) is 163 Å². The van der Waals surface area contributed by atoms with Gasteiger partial charge in [-0.3, -0.25) is 19.0 Å². The molecule has 35 heavy (non-hydrogen) atoms. The molecule has 0 unspecified atom stereocenters. The first kappa shape index (κ1) is 25.6. The van der Waals surface area contributed by atoms with Crippen molar-refractivity contribution in [3.63, 3.8) is 0 Å². The molecule has 3 heterocycles. The van der Waals surface area contributed by atoms with Crippen LogP contribution in [-0.2, 0) is 20.1 Å². The number of carboxylic acid groups (broad SMARTS) is 1. The fourth-order valence-electron chi connectivity index (χ4n) is 3.38. The van der Waals surface area contributed by atoms with Gasteiger partial charge >= 0.3 is 24.8 Å². The van der Waals surface area contributed by atoms with E-state index in [1.165, 1.54) is 21.6 Å². The molecule has 0 spiro atoms. The Hall–Kier alpha value is -3.98. The zero-order valence-electron chi connectivity index (χ0n) is 18.3. The predicted octanol–water partition coefficient (Wildman–Crippen LogP) is 0.149. The van der Waals surface area contributed by atoms with Crippen molar-refractivity contribution in [1.29, 1.82) is 0 Å². The standard InChI is InChI=1S/C22H22N8O4.Li.H/c1-28-13-18(20(27-28)22(33)34)25-21(32)15-4-2-3-14(9-15)11-30-19(31)6-5-17(26-30)16-10-24-29(12-16)8-7-23;;/h2-6,9-10,12-13H,7-8,11,23H2,1H3,(H,25,32)(H,33,34);;. The molecule has 13 heteroatoms. The van der Waals surface area contributed by atoms with Crippen molar-refractivity contribution in [2.45, 2.75) is 13.1 Å². The molecule has 4 aromatic rings. The van der Waals surface area contributed by atoms with Gasteiger partial charge in [0.25, 0.3) is 11.5 Å². The van der Waals surface area contributed by atoms with Crippen molar-refractivity contribution in [2.75, 3.05) is 11.9 Å². The average Bonchev–Trinajstić information content (AvgIpc) is 3.42. The first-order chi connectivity index (χ1) is 16.3. The summed E-state index contributed by atoms with van der Waals surface area (Å²) in [5, 5.41) is 24.3. The minimum absolute atomic E-state index is 0. The molecule has 1 amide bonds. The number of carboxylic acids is 1. The van der Waals surface area contributed by atoms with Crippen molar-refractivity contribution in [3.05, 3.63) is 82.2 Å². The summed E-state index contributed by atoms with van der Waals surface area (Å²) in [6, 6.07) is 9.71. The Labute approximate surface area is 211 Å². The quantitative estimate of drug-likeness (QED) is 0.306. The summed E-state index contributed by atoms with van der Waals surface area (Å²) in [5.74, 6) is -1.75. The number of rotatable bonds is 8. The van der Waals surface area contributed by atoms with E-state index in [4.69, 9.17) is 5.73 Å². The first-order valence-electron chi connectivity index (χ1n) is 10.3. The average molecular weight is 470 g/mol. The number of hydrogen-bond acceptors (Lipinski definition) is 7. The number of carbonyl (C=O) groups excluding carboxylic acids is 1. The number of amides is 1. The number of aromatic nitrogens is 6. The molecule has 0 fully saturated rings. The van der Waals surface area contributed by atoms with Gasteiger partial charge in [-0.2, -0.15) is 15.3 Å². The molecule has 0 aliphatic heterocycles. The van der Waals surface area contributed by atoms with Crippen molar-refractivity contribution >= 4 is 36.4 Å². The van der Waals surface area contributed by atoms with Crippen LogP contribution in [0.4, 0.5) is 5.69 Å². The van der Waals surface area contributed by atoms with Gasteiger partial charge in [-0.1, -0.05) is 12.1 Å². The molecule has 3 aromatic heterocycles. The summed E-state index contributed by atoms with van der Waals surface area (Å²) in [5.41, 5.74) is 7.39. The predicted molar refractivity (Wildman–Crippen MR) is 130 cm³/mol. The summed E-state index contributed by atoms with van der Waals surface area (Å²) in [4.78, 5) is 36.4. The molecule has 0 bridgehead atoms. The molecular weight excluding hydrogens is 447 g/mol. The third-order valence-electron chi connectivity index (χ3n) is 4.95. The Kier molecular flexibility index (Phi) is 8.03. The Bertz CT molecular complexity index is 1420. The molecule has 12 nitrogen and oxygen atoms in total. The zero-order valence-corrected chi connectivity index (χ0v) is 18.3. The van der Waals surface area contributed by atoms with E-state index in [9.17, 15) is 19.5 Å². The number of aryl methyl sites for hydroxylation is 1. The zero-order chi connectivity index (χ0) is 24.2. The van der Waals surface area contributed by atoms with E-state index in [-0.39, 0.29) is 42.3 Å². The molecule has 0 radical (unpaired) electrons. The Morgan fingerprint density at radius 2 is 1.94 bits per heavy atom. The molecule has 0 aliphatic carbocycles. The van der Waals surface area contributed by atoms with E-state index < -0.39 is 11.9 Å². The van der Waals surface area contributed by atoms with E-state index in [2.05, 4.69) is 20.6 Å². The van der Waals surface area contributed by atoms with Gasteiger partial charge in [-0.15, -0.1) is 0 Å². The van der Waals surface area contributed by atoms with Crippen LogP contribution < -0.4 is 16.6 Å². The van der Waals surface area contributed by atoms with Crippen LogP contribution in [0.3, 0.4) is 0 Å². The fraction of sp³-hybridized carbons (Fsp3) is 0.182. The van der Waals surface area contributed by atoms with Crippen LogP contribution in [0.15, 0.2) is 59.8 Å². The number of nitrogens with zero attached hydrogens (tertiary/aromatic N) is 6. The molecule has 4 rings (SSSR count). The van der Waals surface area contributed by atoms with Crippen LogP contribution >= 0.6 is 0 Å². The van der Waals surface area contributed by atoms with E-state index >= 15 is 0 Å². The van der Waals surface area contributed by atoms with Crippen LogP contribution in [0.25, 0.3) is 11.3 Å². The summed E-state index contributed by atoms with van der Waals surface area (Å²) in [7, 11) is 1.56. The van der Waals surface area contributed by atoms with E-state index in [0.29, 0.717) is 29.9 Å². The Morgan fingerprint density at radius 3 is 2.69 bits per heavy atom. The number of nitrogens with one attached hydrogen (secondary N) is 1. The van der Waals surface area contributed by atoms with Crippen molar-refractivity contribution in [1.82, 2.24) is 29.3 Å². The first-order valence-corrected chi connectivity index (χ1v) is 10.3. The second-order valence-corrected chi connectivity index (χ2v) is 7.52. The number of nitrogens with two attached hydrogens (primary N) is 1. The van der Waals surface area contributed by atoms with Gasteiger partial charge in [-0.05, 0) is 23.8 Å². The van der Waals surface area contributed by atoms with Crippen LogP contribution in [0.1, 0.15) is 26.4 Å². The Balaban J connectivity index is 0.00000342.